The van der Waals surface area contributed by atoms with Crippen LogP contribution in [0.15, 0.2) is 60.7 Å². The average Bonchev–Trinajstić information content (AvgIpc) is 2.82. The van der Waals surface area contributed by atoms with Gasteiger partial charge in [-0.1, -0.05) is 45.0 Å². The van der Waals surface area contributed by atoms with Gasteiger partial charge in [0.25, 0.3) is 5.91 Å². The molecule has 0 N–H and O–H groups in total. The van der Waals surface area contributed by atoms with Gasteiger partial charge in [-0.25, -0.2) is 4.39 Å². The van der Waals surface area contributed by atoms with E-state index in [1.165, 1.54) is 17.7 Å². The van der Waals surface area contributed by atoms with Crippen molar-refractivity contribution in [3.63, 3.8) is 0 Å². The van der Waals surface area contributed by atoms with E-state index in [1.807, 2.05) is 41.3 Å². The molecular weight excluding hydrogens is 417 g/mol. The Hall–Kier alpha value is -3.34. The lowest BCUT2D eigenvalue weighted by atomic mass is 9.85. The fraction of sp³-hybridized carbons (Fsp3) is 0.321. The van der Waals surface area contributed by atoms with Crippen LogP contribution in [-0.2, 0) is 11.8 Å². The number of fused-ring (bicyclic) bond motifs is 1. The molecule has 1 aliphatic heterocycles. The summed E-state index contributed by atoms with van der Waals surface area (Å²) in [6.45, 7) is 7.00. The van der Waals surface area contributed by atoms with Crippen LogP contribution < -0.4 is 9.47 Å². The van der Waals surface area contributed by atoms with Gasteiger partial charge in [-0.3, -0.25) is 4.79 Å². The number of hydrogen-bond acceptors (Lipinski definition) is 3. The van der Waals surface area contributed by atoms with E-state index in [9.17, 15) is 9.18 Å². The van der Waals surface area contributed by atoms with E-state index >= 15 is 0 Å². The SMILES string of the molecule is COc1cc2c(cc1OC)[C@@H](c1ccc(F)cc1)N(C(=O)c1ccc(C(C)(C)C)cc1)CC2. The van der Waals surface area contributed by atoms with Gasteiger partial charge in [-0.15, -0.1) is 0 Å². The average molecular weight is 448 g/mol. The second-order valence-electron chi connectivity index (χ2n) is 9.44. The highest BCUT2D eigenvalue weighted by molar-refractivity contribution is 5.95. The summed E-state index contributed by atoms with van der Waals surface area (Å²) in [6.07, 6.45) is 0.694. The Balaban J connectivity index is 1.79. The first-order chi connectivity index (χ1) is 15.7. The Labute approximate surface area is 195 Å². The van der Waals surface area contributed by atoms with Crippen molar-refractivity contribution in [1.29, 1.82) is 0 Å². The van der Waals surface area contributed by atoms with Crippen LogP contribution in [0.2, 0.25) is 0 Å². The summed E-state index contributed by atoms with van der Waals surface area (Å²) in [5, 5.41) is 0. The third kappa shape index (κ3) is 4.45. The lowest BCUT2D eigenvalue weighted by Gasteiger charge is -2.38. The molecule has 3 aromatic carbocycles. The smallest absolute Gasteiger partial charge is 0.254 e. The van der Waals surface area contributed by atoms with Crippen LogP contribution in [0.25, 0.3) is 0 Å². The number of methoxy groups -OCH3 is 2. The molecule has 0 saturated heterocycles. The van der Waals surface area contributed by atoms with Crippen LogP contribution in [0.4, 0.5) is 4.39 Å². The monoisotopic (exact) mass is 447 g/mol. The minimum atomic E-state index is -0.357. The maximum atomic E-state index is 13.7. The molecule has 0 radical (unpaired) electrons. The molecule has 5 heteroatoms. The molecule has 0 spiro atoms. The molecular formula is C28H30FNO3. The Morgan fingerprint density at radius 1 is 0.939 bits per heavy atom. The Kier molecular flexibility index (Phi) is 6.15. The second kappa shape index (κ2) is 8.89. The molecule has 3 aromatic rings. The summed E-state index contributed by atoms with van der Waals surface area (Å²) in [4.78, 5) is 15.6. The summed E-state index contributed by atoms with van der Waals surface area (Å²) in [5.41, 5.74) is 4.73. The normalized spacial score (nSPS) is 15.7. The van der Waals surface area contributed by atoms with Gasteiger partial charge in [0.05, 0.1) is 20.3 Å². The predicted octanol–water partition coefficient (Wildman–Crippen LogP) is 5.93. The van der Waals surface area contributed by atoms with Crippen molar-refractivity contribution in [3.8, 4) is 11.5 Å². The summed E-state index contributed by atoms with van der Waals surface area (Å²) >= 11 is 0. The molecule has 0 aliphatic carbocycles. The third-order valence-corrected chi connectivity index (χ3v) is 6.32. The Bertz CT molecular complexity index is 1150. The van der Waals surface area contributed by atoms with Gasteiger partial charge in [0.1, 0.15) is 5.82 Å². The van der Waals surface area contributed by atoms with Gasteiger partial charge in [-0.2, -0.15) is 0 Å². The van der Waals surface area contributed by atoms with E-state index in [2.05, 4.69) is 20.8 Å². The van der Waals surface area contributed by atoms with Crippen molar-refractivity contribution in [2.24, 2.45) is 0 Å². The van der Waals surface area contributed by atoms with Crippen LogP contribution in [-0.4, -0.2) is 31.6 Å². The Morgan fingerprint density at radius 3 is 2.12 bits per heavy atom. The zero-order chi connectivity index (χ0) is 23.8. The van der Waals surface area contributed by atoms with E-state index < -0.39 is 0 Å². The zero-order valence-electron chi connectivity index (χ0n) is 19.8. The van der Waals surface area contributed by atoms with Crippen molar-refractivity contribution in [2.45, 2.75) is 38.6 Å². The van der Waals surface area contributed by atoms with E-state index in [1.54, 1.807) is 26.4 Å². The van der Waals surface area contributed by atoms with E-state index in [0.717, 1.165) is 16.7 Å². The predicted molar refractivity (Wildman–Crippen MR) is 128 cm³/mol. The highest BCUT2D eigenvalue weighted by Crippen LogP contribution is 2.41. The topological polar surface area (TPSA) is 38.8 Å². The molecule has 4 rings (SSSR count). The number of amides is 1. The van der Waals surface area contributed by atoms with Crippen molar-refractivity contribution in [2.75, 3.05) is 20.8 Å². The van der Waals surface area contributed by atoms with Gasteiger partial charge in [0.2, 0.25) is 0 Å². The van der Waals surface area contributed by atoms with Crippen LogP contribution in [0, 0.1) is 5.82 Å². The van der Waals surface area contributed by atoms with Crippen LogP contribution in [0.3, 0.4) is 0 Å². The number of carbonyl (C=O) groups excluding carboxylic acids is 1. The zero-order valence-corrected chi connectivity index (χ0v) is 19.8. The molecule has 0 saturated carbocycles. The van der Waals surface area contributed by atoms with Crippen molar-refractivity contribution >= 4 is 5.91 Å². The van der Waals surface area contributed by atoms with Gasteiger partial charge in [-0.05, 0) is 70.5 Å². The molecule has 1 atom stereocenters. The Morgan fingerprint density at radius 2 is 1.55 bits per heavy atom. The maximum Gasteiger partial charge on any atom is 0.254 e. The van der Waals surface area contributed by atoms with Crippen molar-refractivity contribution in [3.05, 3.63) is 94.3 Å². The van der Waals surface area contributed by atoms with E-state index in [-0.39, 0.29) is 23.2 Å². The fourth-order valence-corrected chi connectivity index (χ4v) is 4.45. The molecule has 4 nitrogen and oxygen atoms in total. The summed E-state index contributed by atoms with van der Waals surface area (Å²) in [7, 11) is 3.21. The summed E-state index contributed by atoms with van der Waals surface area (Å²) in [5.74, 6) is 0.904. The summed E-state index contributed by atoms with van der Waals surface area (Å²) in [6, 6.07) is 17.7. The van der Waals surface area contributed by atoms with Gasteiger partial charge in [0, 0.05) is 12.1 Å². The quantitative estimate of drug-likeness (QED) is 0.498. The van der Waals surface area contributed by atoms with E-state index in [0.29, 0.717) is 30.0 Å². The van der Waals surface area contributed by atoms with Gasteiger partial charge < -0.3 is 14.4 Å². The number of benzene rings is 3. The van der Waals surface area contributed by atoms with Crippen LogP contribution in [0.1, 0.15) is 59.4 Å². The number of halogens is 1. The number of ether oxygens (including phenoxy) is 2. The highest BCUT2D eigenvalue weighted by atomic mass is 19.1. The number of carbonyl (C=O) groups is 1. The standard InChI is InChI=1S/C28H30FNO3/c1-28(2,3)21-10-6-19(7-11-21)27(31)30-15-14-20-16-24(32-4)25(33-5)17-23(20)26(30)18-8-12-22(29)13-9-18/h6-13,16-17,26H,14-15H2,1-5H3/t26-/m1/s1. The molecule has 0 fully saturated rings. The number of rotatable bonds is 4. The first-order valence-electron chi connectivity index (χ1n) is 11.1. The fourth-order valence-electron chi connectivity index (χ4n) is 4.45. The molecule has 0 bridgehead atoms. The first-order valence-corrected chi connectivity index (χ1v) is 11.1. The maximum absolute atomic E-state index is 13.7. The molecule has 0 aromatic heterocycles. The lowest BCUT2D eigenvalue weighted by Crippen LogP contribution is -2.40. The van der Waals surface area contributed by atoms with Crippen LogP contribution >= 0.6 is 0 Å². The highest BCUT2D eigenvalue weighted by Gasteiger charge is 2.34. The second-order valence-corrected chi connectivity index (χ2v) is 9.44. The number of hydrogen-bond donors (Lipinski definition) is 0. The molecule has 1 heterocycles. The lowest BCUT2D eigenvalue weighted by molar-refractivity contribution is 0.0694. The summed E-state index contributed by atoms with van der Waals surface area (Å²) < 4.78 is 24.7. The number of nitrogens with zero attached hydrogens (tertiary/aromatic N) is 1. The molecule has 172 valence electrons. The van der Waals surface area contributed by atoms with E-state index in [4.69, 9.17) is 9.47 Å². The van der Waals surface area contributed by atoms with Crippen molar-refractivity contribution < 1.29 is 18.7 Å². The largest absolute Gasteiger partial charge is 0.493 e. The molecule has 1 amide bonds. The minimum Gasteiger partial charge on any atom is -0.493 e. The third-order valence-electron chi connectivity index (χ3n) is 6.32. The molecule has 33 heavy (non-hydrogen) atoms. The van der Waals surface area contributed by atoms with Crippen molar-refractivity contribution in [1.82, 2.24) is 4.90 Å². The van der Waals surface area contributed by atoms with Gasteiger partial charge >= 0.3 is 0 Å². The van der Waals surface area contributed by atoms with Gasteiger partial charge in [0.15, 0.2) is 11.5 Å². The molecule has 1 aliphatic rings. The first kappa shape index (κ1) is 22.8. The minimum absolute atomic E-state index is 0.0118. The van der Waals surface area contributed by atoms with Crippen LogP contribution in [0.5, 0.6) is 11.5 Å². The molecule has 0 unspecified atom stereocenters.